The van der Waals surface area contributed by atoms with Crippen molar-refractivity contribution in [3.63, 3.8) is 0 Å². The zero-order valence-corrected chi connectivity index (χ0v) is 16.6. The van der Waals surface area contributed by atoms with Gasteiger partial charge in [0, 0.05) is 49.3 Å². The van der Waals surface area contributed by atoms with Crippen molar-refractivity contribution in [1.82, 2.24) is 14.3 Å². The van der Waals surface area contributed by atoms with Crippen LogP contribution in [0.25, 0.3) is 5.65 Å². The van der Waals surface area contributed by atoms with Gasteiger partial charge in [0.05, 0.1) is 25.1 Å². The summed E-state index contributed by atoms with van der Waals surface area (Å²) < 4.78 is 14.5. The zero-order chi connectivity index (χ0) is 19.2. The normalized spacial score (nSPS) is 26.3. The standard InChI is InChI=1S/C24H27N3O2/c1-2-6-22-20(5-1)24-21(16-29-22)18(15-28-14-17-8-9-17)12-26(24)13-19-11-25-23-7-3-4-10-27(19)23/h1-7,10-11,17-18,21,24H,8-9,12-16H2/t18-,21-,24-/m0/s1. The van der Waals surface area contributed by atoms with Crippen LogP contribution in [0, 0.1) is 17.8 Å². The summed E-state index contributed by atoms with van der Waals surface area (Å²) in [5.74, 6) is 2.83. The lowest BCUT2D eigenvalue weighted by Gasteiger charge is -2.34. The van der Waals surface area contributed by atoms with Gasteiger partial charge >= 0.3 is 0 Å². The minimum Gasteiger partial charge on any atom is -0.493 e. The second kappa shape index (κ2) is 7.15. The zero-order valence-electron chi connectivity index (χ0n) is 16.6. The Kier molecular flexibility index (Phi) is 4.31. The molecule has 2 aliphatic heterocycles. The summed E-state index contributed by atoms with van der Waals surface area (Å²) in [6, 6.07) is 15.1. The molecule has 1 saturated carbocycles. The van der Waals surface area contributed by atoms with Crippen LogP contribution in [0.4, 0.5) is 0 Å². The average Bonchev–Trinajstić information content (AvgIpc) is 3.40. The van der Waals surface area contributed by atoms with Gasteiger partial charge in [0.1, 0.15) is 11.4 Å². The maximum absolute atomic E-state index is 6.16. The molecule has 1 aliphatic carbocycles. The lowest BCUT2D eigenvalue weighted by molar-refractivity contribution is 0.0641. The number of likely N-dealkylation sites (tertiary alicyclic amines) is 1. The molecule has 0 unspecified atom stereocenters. The molecule has 0 radical (unpaired) electrons. The molecule has 0 spiro atoms. The number of ether oxygens (including phenoxy) is 2. The van der Waals surface area contributed by atoms with Gasteiger partial charge in [0.15, 0.2) is 0 Å². The minimum absolute atomic E-state index is 0.378. The molecule has 0 amide bonds. The fourth-order valence-corrected chi connectivity index (χ4v) is 5.10. The maximum Gasteiger partial charge on any atom is 0.136 e. The Morgan fingerprint density at radius 3 is 2.90 bits per heavy atom. The number of para-hydroxylation sites is 1. The molecule has 5 nitrogen and oxygen atoms in total. The lowest BCUT2D eigenvalue weighted by atomic mass is 9.85. The van der Waals surface area contributed by atoms with Gasteiger partial charge in [-0.15, -0.1) is 0 Å². The predicted octanol–water partition coefficient (Wildman–Crippen LogP) is 3.94. The van der Waals surface area contributed by atoms with E-state index >= 15 is 0 Å². The first kappa shape index (κ1) is 17.5. The molecule has 2 aromatic heterocycles. The molecule has 6 rings (SSSR count). The lowest BCUT2D eigenvalue weighted by Crippen LogP contribution is -2.32. The summed E-state index contributed by atoms with van der Waals surface area (Å²) in [6.07, 6.45) is 6.81. The van der Waals surface area contributed by atoms with E-state index in [0.717, 1.165) is 50.2 Å². The number of aromatic nitrogens is 2. The average molecular weight is 389 g/mol. The molecule has 3 aromatic rings. The monoisotopic (exact) mass is 389 g/mol. The van der Waals surface area contributed by atoms with E-state index < -0.39 is 0 Å². The van der Waals surface area contributed by atoms with Crippen LogP contribution in [0.5, 0.6) is 5.75 Å². The van der Waals surface area contributed by atoms with E-state index in [1.165, 1.54) is 24.1 Å². The summed E-state index contributed by atoms with van der Waals surface area (Å²) in [5.41, 5.74) is 3.57. The van der Waals surface area contributed by atoms with Gasteiger partial charge in [-0.25, -0.2) is 4.98 Å². The Morgan fingerprint density at radius 2 is 1.97 bits per heavy atom. The van der Waals surface area contributed by atoms with Gasteiger partial charge < -0.3 is 13.9 Å². The van der Waals surface area contributed by atoms with Crippen molar-refractivity contribution in [2.24, 2.45) is 17.8 Å². The van der Waals surface area contributed by atoms with Crippen LogP contribution >= 0.6 is 0 Å². The first-order valence-corrected chi connectivity index (χ1v) is 10.8. The highest BCUT2D eigenvalue weighted by atomic mass is 16.5. The summed E-state index contributed by atoms with van der Waals surface area (Å²) in [7, 11) is 0. The Balaban J connectivity index is 1.29. The molecule has 1 aromatic carbocycles. The third-order valence-electron chi connectivity index (χ3n) is 6.78. The molecular weight excluding hydrogens is 362 g/mol. The Labute approximate surface area is 171 Å². The smallest absolute Gasteiger partial charge is 0.136 e. The van der Waals surface area contributed by atoms with Gasteiger partial charge in [-0.05, 0) is 37.0 Å². The number of fused-ring (bicyclic) bond motifs is 4. The van der Waals surface area contributed by atoms with Crippen LogP contribution in [-0.2, 0) is 11.3 Å². The molecular formula is C24H27N3O2. The minimum atomic E-state index is 0.378. The molecule has 150 valence electrons. The Bertz CT molecular complexity index is 1010. The predicted molar refractivity (Wildman–Crippen MR) is 111 cm³/mol. The maximum atomic E-state index is 6.16. The van der Waals surface area contributed by atoms with Gasteiger partial charge in [-0.1, -0.05) is 24.3 Å². The number of rotatable bonds is 6. The van der Waals surface area contributed by atoms with Crippen LogP contribution in [-0.4, -0.2) is 40.6 Å². The Hall–Kier alpha value is -2.37. The van der Waals surface area contributed by atoms with Gasteiger partial charge in [0.2, 0.25) is 0 Å². The first-order valence-electron chi connectivity index (χ1n) is 10.8. The fraction of sp³-hybridized carbons (Fsp3) is 0.458. The summed E-state index contributed by atoms with van der Waals surface area (Å²) in [5, 5.41) is 0. The molecule has 29 heavy (non-hydrogen) atoms. The topological polar surface area (TPSA) is 39.0 Å². The van der Waals surface area contributed by atoms with Gasteiger partial charge in [0.25, 0.3) is 0 Å². The molecule has 2 fully saturated rings. The van der Waals surface area contributed by atoms with Crippen LogP contribution in [0.3, 0.4) is 0 Å². The van der Waals surface area contributed by atoms with E-state index in [1.54, 1.807) is 0 Å². The van der Waals surface area contributed by atoms with Crippen molar-refractivity contribution >= 4 is 5.65 Å². The highest BCUT2D eigenvalue weighted by molar-refractivity contribution is 5.41. The number of pyridine rings is 1. The quantitative estimate of drug-likeness (QED) is 0.640. The van der Waals surface area contributed by atoms with Gasteiger partial charge in [-0.3, -0.25) is 4.90 Å². The van der Waals surface area contributed by atoms with E-state index in [1.807, 2.05) is 12.3 Å². The first-order chi connectivity index (χ1) is 14.4. The number of benzene rings is 1. The summed E-state index contributed by atoms with van der Waals surface area (Å²) in [4.78, 5) is 7.21. The second-order valence-electron chi connectivity index (χ2n) is 8.81. The molecule has 4 heterocycles. The third kappa shape index (κ3) is 3.22. The molecule has 5 heteroatoms. The molecule has 3 atom stereocenters. The fourth-order valence-electron chi connectivity index (χ4n) is 5.10. The highest BCUT2D eigenvalue weighted by Gasteiger charge is 2.46. The second-order valence-corrected chi connectivity index (χ2v) is 8.81. The molecule has 1 saturated heterocycles. The van der Waals surface area contributed by atoms with E-state index in [0.29, 0.717) is 17.9 Å². The molecule has 0 N–H and O–H groups in total. The molecule has 0 bridgehead atoms. The van der Waals surface area contributed by atoms with E-state index in [2.05, 4.69) is 56.9 Å². The van der Waals surface area contributed by atoms with E-state index in [4.69, 9.17) is 9.47 Å². The van der Waals surface area contributed by atoms with E-state index in [-0.39, 0.29) is 0 Å². The SMILES string of the molecule is c1ccc2c(c1)OC[C@H]1[C@H](COCC3CC3)CN(Cc3cnc4ccccn34)[C@@H]21. The van der Waals surface area contributed by atoms with Crippen LogP contribution in [0.2, 0.25) is 0 Å². The number of hydrogen-bond donors (Lipinski definition) is 0. The number of hydrogen-bond acceptors (Lipinski definition) is 4. The van der Waals surface area contributed by atoms with Crippen LogP contribution in [0.15, 0.2) is 54.9 Å². The van der Waals surface area contributed by atoms with Crippen molar-refractivity contribution in [2.75, 3.05) is 26.4 Å². The third-order valence-corrected chi connectivity index (χ3v) is 6.78. The van der Waals surface area contributed by atoms with Crippen molar-refractivity contribution in [3.8, 4) is 5.75 Å². The van der Waals surface area contributed by atoms with Crippen LogP contribution < -0.4 is 4.74 Å². The van der Waals surface area contributed by atoms with Crippen molar-refractivity contribution < 1.29 is 9.47 Å². The highest BCUT2D eigenvalue weighted by Crippen LogP contribution is 2.48. The largest absolute Gasteiger partial charge is 0.493 e. The van der Waals surface area contributed by atoms with Crippen molar-refractivity contribution in [3.05, 3.63) is 66.1 Å². The molecule has 3 aliphatic rings. The van der Waals surface area contributed by atoms with Crippen molar-refractivity contribution in [2.45, 2.75) is 25.4 Å². The van der Waals surface area contributed by atoms with Crippen LogP contribution in [0.1, 0.15) is 30.1 Å². The van der Waals surface area contributed by atoms with Gasteiger partial charge in [-0.2, -0.15) is 0 Å². The number of nitrogens with zero attached hydrogens (tertiary/aromatic N) is 3. The van der Waals surface area contributed by atoms with Crippen molar-refractivity contribution in [1.29, 1.82) is 0 Å². The Morgan fingerprint density at radius 1 is 1.07 bits per heavy atom. The number of imidazole rings is 1. The van der Waals surface area contributed by atoms with E-state index in [9.17, 15) is 0 Å². The summed E-state index contributed by atoms with van der Waals surface area (Å²) >= 11 is 0. The summed E-state index contributed by atoms with van der Waals surface area (Å²) in [6.45, 7) is 4.48.